The fourth-order valence-corrected chi connectivity index (χ4v) is 4.67. The maximum absolute atomic E-state index is 12.7. The number of carbonyl (C=O) groups is 1. The van der Waals surface area contributed by atoms with Gasteiger partial charge >= 0.3 is 0 Å². The SMILES string of the molecule is CCc1nc(C)cn2cc(/C(=C/c3ccc(N4CCN(C)CC4)cc3C(C)=O)C(C)CC)nc12. The molecule has 0 radical (unpaired) electrons. The predicted molar refractivity (Wildman–Crippen MR) is 141 cm³/mol. The normalized spacial score (nSPS) is 16.3. The van der Waals surface area contributed by atoms with E-state index in [9.17, 15) is 4.79 Å². The van der Waals surface area contributed by atoms with Gasteiger partial charge in [-0.15, -0.1) is 0 Å². The largest absolute Gasteiger partial charge is 0.369 e. The van der Waals surface area contributed by atoms with E-state index >= 15 is 0 Å². The Balaban J connectivity index is 1.78. The number of aryl methyl sites for hydroxylation is 2. The summed E-state index contributed by atoms with van der Waals surface area (Å²) < 4.78 is 2.09. The highest BCUT2D eigenvalue weighted by Crippen LogP contribution is 2.31. The summed E-state index contributed by atoms with van der Waals surface area (Å²) >= 11 is 0. The third-order valence-corrected chi connectivity index (χ3v) is 7.00. The van der Waals surface area contributed by atoms with Crippen molar-refractivity contribution >= 4 is 28.8 Å². The van der Waals surface area contributed by atoms with Crippen molar-refractivity contribution in [3.05, 3.63) is 58.8 Å². The van der Waals surface area contributed by atoms with Crippen LogP contribution in [-0.2, 0) is 6.42 Å². The third-order valence-electron chi connectivity index (χ3n) is 7.00. The molecule has 1 saturated heterocycles. The number of nitrogens with zero attached hydrogens (tertiary/aromatic N) is 5. The van der Waals surface area contributed by atoms with Crippen LogP contribution in [0.4, 0.5) is 5.69 Å². The van der Waals surface area contributed by atoms with Crippen LogP contribution in [0, 0.1) is 12.8 Å². The fourth-order valence-electron chi connectivity index (χ4n) is 4.67. The highest BCUT2D eigenvalue weighted by molar-refractivity contribution is 6.00. The zero-order valence-electron chi connectivity index (χ0n) is 21.4. The second kappa shape index (κ2) is 10.1. The molecule has 0 bridgehead atoms. The molecule has 1 fully saturated rings. The molecule has 2 aromatic heterocycles. The van der Waals surface area contributed by atoms with Crippen molar-refractivity contribution in [1.82, 2.24) is 19.3 Å². The van der Waals surface area contributed by atoms with Crippen molar-refractivity contribution in [2.75, 3.05) is 38.1 Å². The van der Waals surface area contributed by atoms with Crippen LogP contribution in [-0.4, -0.2) is 58.3 Å². The number of fused-ring (bicyclic) bond motifs is 1. The molecule has 1 unspecified atom stereocenters. The quantitative estimate of drug-likeness (QED) is 0.458. The van der Waals surface area contributed by atoms with Gasteiger partial charge in [0.15, 0.2) is 11.4 Å². The molecule has 1 aromatic carbocycles. The first-order chi connectivity index (χ1) is 16.3. The van der Waals surface area contributed by atoms with E-state index in [0.29, 0.717) is 5.92 Å². The molecule has 3 heterocycles. The van der Waals surface area contributed by atoms with Gasteiger partial charge in [0.1, 0.15) is 0 Å². The molecule has 1 aliphatic rings. The molecule has 1 atom stereocenters. The average molecular weight is 460 g/mol. The molecular weight excluding hydrogens is 422 g/mol. The topological polar surface area (TPSA) is 53.7 Å². The van der Waals surface area contributed by atoms with Crippen LogP contribution in [0.2, 0.25) is 0 Å². The summed E-state index contributed by atoms with van der Waals surface area (Å²) in [4.78, 5) is 27.1. The van der Waals surface area contributed by atoms with Crippen LogP contribution in [0.3, 0.4) is 0 Å². The van der Waals surface area contributed by atoms with E-state index in [2.05, 4.69) is 77.5 Å². The molecule has 0 N–H and O–H groups in total. The van der Waals surface area contributed by atoms with Crippen molar-refractivity contribution in [1.29, 1.82) is 0 Å². The molecule has 0 amide bonds. The molecular formula is C28H37N5O. The van der Waals surface area contributed by atoms with Crippen LogP contribution in [0.25, 0.3) is 17.3 Å². The summed E-state index contributed by atoms with van der Waals surface area (Å²) in [5.74, 6) is 0.398. The van der Waals surface area contributed by atoms with Gasteiger partial charge in [0.2, 0.25) is 0 Å². The Hall–Kier alpha value is -2.99. The Morgan fingerprint density at radius 2 is 1.85 bits per heavy atom. The Morgan fingerprint density at radius 1 is 1.12 bits per heavy atom. The molecule has 4 rings (SSSR count). The van der Waals surface area contributed by atoms with Crippen molar-refractivity contribution in [3.8, 4) is 0 Å². The lowest BCUT2D eigenvalue weighted by Crippen LogP contribution is -2.44. The number of rotatable bonds is 7. The lowest BCUT2D eigenvalue weighted by atomic mass is 9.92. The Kier molecular flexibility index (Phi) is 7.17. The Bertz CT molecular complexity index is 1220. The molecule has 0 aliphatic carbocycles. The molecule has 6 heteroatoms. The number of hydrogen-bond donors (Lipinski definition) is 0. The molecule has 34 heavy (non-hydrogen) atoms. The van der Waals surface area contributed by atoms with Gasteiger partial charge in [-0.25, -0.2) is 4.98 Å². The highest BCUT2D eigenvalue weighted by Gasteiger charge is 2.19. The summed E-state index contributed by atoms with van der Waals surface area (Å²) in [6, 6.07) is 6.33. The molecule has 1 aliphatic heterocycles. The van der Waals surface area contributed by atoms with Crippen molar-refractivity contribution in [3.63, 3.8) is 0 Å². The molecule has 180 valence electrons. The number of ketones is 1. The minimum Gasteiger partial charge on any atom is -0.369 e. The predicted octanol–water partition coefficient (Wildman–Crippen LogP) is 5.14. The van der Waals surface area contributed by atoms with Gasteiger partial charge in [0.25, 0.3) is 0 Å². The number of hydrogen-bond acceptors (Lipinski definition) is 5. The Morgan fingerprint density at radius 3 is 2.50 bits per heavy atom. The van der Waals surface area contributed by atoms with Gasteiger partial charge in [-0.05, 0) is 69.0 Å². The van der Waals surface area contributed by atoms with E-state index in [-0.39, 0.29) is 5.78 Å². The highest BCUT2D eigenvalue weighted by atomic mass is 16.1. The summed E-state index contributed by atoms with van der Waals surface area (Å²) in [6.07, 6.45) is 8.14. The second-order valence-electron chi connectivity index (χ2n) is 9.57. The maximum atomic E-state index is 12.7. The van der Waals surface area contributed by atoms with E-state index in [0.717, 1.165) is 84.1 Å². The number of piperazine rings is 1. The van der Waals surface area contributed by atoms with Crippen LogP contribution in [0.5, 0.6) is 0 Å². The van der Waals surface area contributed by atoms with Crippen molar-refractivity contribution in [2.45, 2.75) is 47.5 Å². The monoisotopic (exact) mass is 459 g/mol. The standard InChI is InChI=1S/C28H37N5O/c1-7-19(3)24(27-18-33-17-20(4)29-26(8-2)28(33)30-27)15-22-9-10-23(16-25(22)21(5)34)32-13-11-31(6)12-14-32/h9-10,15-19H,7-8,11-14H2,1-6H3/b24-15+. The average Bonchev–Trinajstić information content (AvgIpc) is 3.25. The van der Waals surface area contributed by atoms with Gasteiger partial charge in [0.05, 0.1) is 17.1 Å². The number of Topliss-reactive ketones (excluding diaryl/α,β-unsaturated/α-hetero) is 1. The van der Waals surface area contributed by atoms with Crippen molar-refractivity contribution in [2.24, 2.45) is 5.92 Å². The van der Waals surface area contributed by atoms with Crippen LogP contribution in [0.1, 0.15) is 67.1 Å². The molecule has 0 saturated carbocycles. The van der Waals surface area contributed by atoms with Crippen LogP contribution < -0.4 is 4.90 Å². The summed E-state index contributed by atoms with van der Waals surface area (Å²) in [7, 11) is 2.16. The van der Waals surface area contributed by atoms with E-state index in [1.165, 1.54) is 0 Å². The van der Waals surface area contributed by atoms with Crippen molar-refractivity contribution < 1.29 is 4.79 Å². The number of carbonyl (C=O) groups excluding carboxylic acids is 1. The van der Waals surface area contributed by atoms with Gasteiger partial charge in [-0.1, -0.05) is 26.8 Å². The number of imidazole rings is 1. The number of likely N-dealkylation sites (N-methyl/N-ethyl adjacent to an activating group) is 1. The third kappa shape index (κ3) is 4.92. The van der Waals surface area contributed by atoms with E-state index in [4.69, 9.17) is 4.98 Å². The molecule has 0 spiro atoms. The first-order valence-corrected chi connectivity index (χ1v) is 12.5. The van der Waals surface area contributed by atoms with E-state index in [1.807, 2.05) is 13.1 Å². The summed E-state index contributed by atoms with van der Waals surface area (Å²) in [5, 5.41) is 0. The van der Waals surface area contributed by atoms with E-state index < -0.39 is 0 Å². The van der Waals surface area contributed by atoms with Crippen LogP contribution in [0.15, 0.2) is 30.6 Å². The van der Waals surface area contributed by atoms with E-state index in [1.54, 1.807) is 6.92 Å². The summed E-state index contributed by atoms with van der Waals surface area (Å²) in [6.45, 7) is 14.3. The summed E-state index contributed by atoms with van der Waals surface area (Å²) in [5.41, 5.74) is 7.87. The van der Waals surface area contributed by atoms with Gasteiger partial charge in [0, 0.05) is 49.8 Å². The second-order valence-corrected chi connectivity index (χ2v) is 9.57. The number of aromatic nitrogens is 3. The van der Waals surface area contributed by atoms with Gasteiger partial charge in [-0.3, -0.25) is 9.78 Å². The lowest BCUT2D eigenvalue weighted by molar-refractivity contribution is 0.101. The van der Waals surface area contributed by atoms with Crippen LogP contribution >= 0.6 is 0 Å². The lowest BCUT2D eigenvalue weighted by Gasteiger charge is -2.34. The zero-order valence-corrected chi connectivity index (χ0v) is 21.4. The maximum Gasteiger partial charge on any atom is 0.160 e. The smallest absolute Gasteiger partial charge is 0.160 e. The molecule has 3 aromatic rings. The first kappa shape index (κ1) is 24.1. The number of anilines is 1. The number of benzene rings is 1. The Labute approximate surface area is 203 Å². The zero-order chi connectivity index (χ0) is 24.4. The van der Waals surface area contributed by atoms with Gasteiger partial charge < -0.3 is 14.2 Å². The minimum absolute atomic E-state index is 0.0915. The van der Waals surface area contributed by atoms with Gasteiger partial charge in [-0.2, -0.15) is 0 Å². The fraction of sp³-hybridized carbons (Fsp3) is 0.464. The first-order valence-electron chi connectivity index (χ1n) is 12.5. The molecule has 6 nitrogen and oxygen atoms in total. The number of allylic oxidation sites excluding steroid dienone is 1. The minimum atomic E-state index is 0.0915.